The summed E-state index contributed by atoms with van der Waals surface area (Å²) >= 11 is 0. The molecule has 1 amide bonds. The van der Waals surface area contributed by atoms with Crippen LogP contribution in [0.15, 0.2) is 54.6 Å². The summed E-state index contributed by atoms with van der Waals surface area (Å²) in [5.74, 6) is 0.262. The Hall–Kier alpha value is -2.35. The number of amides is 1. The number of hydrogen-bond acceptors (Lipinski definition) is 1. The van der Waals surface area contributed by atoms with E-state index >= 15 is 0 Å². The smallest absolute Gasteiger partial charge is 0.248 e. The first-order valence-electron chi connectivity index (χ1n) is 8.46. The fourth-order valence-corrected chi connectivity index (χ4v) is 2.55. The van der Waals surface area contributed by atoms with Gasteiger partial charge in [-0.15, -0.1) is 0 Å². The molecule has 0 aliphatic rings. The maximum atomic E-state index is 12.2. The molecule has 0 unspecified atom stereocenters. The highest BCUT2D eigenvalue weighted by Gasteiger charge is 2.12. The lowest BCUT2D eigenvalue weighted by molar-refractivity contribution is -0.111. The Bertz CT molecular complexity index is 718. The SMILES string of the molecule is CC(C)c1ccccc1NC(=O)/C=C/c1ccc(C(C)(C)C)cc1. The summed E-state index contributed by atoms with van der Waals surface area (Å²) in [4.78, 5) is 12.2. The summed E-state index contributed by atoms with van der Waals surface area (Å²) in [6, 6.07) is 16.3. The molecule has 2 heteroatoms. The van der Waals surface area contributed by atoms with E-state index in [1.807, 2.05) is 36.4 Å². The van der Waals surface area contributed by atoms with Crippen molar-refractivity contribution in [3.63, 3.8) is 0 Å². The summed E-state index contributed by atoms with van der Waals surface area (Å²) in [6.45, 7) is 10.8. The van der Waals surface area contributed by atoms with E-state index in [4.69, 9.17) is 0 Å². The lowest BCUT2D eigenvalue weighted by Gasteiger charge is -2.18. The van der Waals surface area contributed by atoms with Gasteiger partial charge in [0.25, 0.3) is 0 Å². The van der Waals surface area contributed by atoms with Crippen LogP contribution >= 0.6 is 0 Å². The van der Waals surface area contributed by atoms with Crippen LogP contribution < -0.4 is 5.32 Å². The maximum Gasteiger partial charge on any atom is 0.248 e. The van der Waals surface area contributed by atoms with Crippen LogP contribution in [0.1, 0.15) is 57.2 Å². The quantitative estimate of drug-likeness (QED) is 0.713. The summed E-state index contributed by atoms with van der Waals surface area (Å²) < 4.78 is 0. The third-order valence-corrected chi connectivity index (χ3v) is 4.04. The van der Waals surface area contributed by atoms with E-state index in [1.54, 1.807) is 6.08 Å². The molecule has 0 aliphatic carbocycles. The number of benzene rings is 2. The van der Waals surface area contributed by atoms with Crippen molar-refractivity contribution < 1.29 is 4.79 Å². The van der Waals surface area contributed by atoms with Crippen molar-refractivity contribution in [1.82, 2.24) is 0 Å². The van der Waals surface area contributed by atoms with Crippen molar-refractivity contribution >= 4 is 17.7 Å². The first-order valence-corrected chi connectivity index (χ1v) is 8.46. The highest BCUT2D eigenvalue weighted by Crippen LogP contribution is 2.24. The minimum absolute atomic E-state index is 0.108. The number of rotatable bonds is 4. The number of carbonyl (C=O) groups excluding carboxylic acids is 1. The lowest BCUT2D eigenvalue weighted by atomic mass is 9.87. The van der Waals surface area contributed by atoms with Crippen LogP contribution in [0.5, 0.6) is 0 Å². The fourth-order valence-electron chi connectivity index (χ4n) is 2.55. The molecule has 1 N–H and O–H groups in total. The Morgan fingerprint density at radius 3 is 2.21 bits per heavy atom. The molecule has 0 atom stereocenters. The number of hydrogen-bond donors (Lipinski definition) is 1. The van der Waals surface area contributed by atoms with Crippen LogP contribution in [0.2, 0.25) is 0 Å². The van der Waals surface area contributed by atoms with Crippen molar-refractivity contribution in [3.8, 4) is 0 Å². The second-order valence-corrected chi connectivity index (χ2v) is 7.44. The third-order valence-electron chi connectivity index (χ3n) is 4.04. The summed E-state index contributed by atoms with van der Waals surface area (Å²) in [6.07, 6.45) is 3.43. The minimum Gasteiger partial charge on any atom is -0.322 e. The number of anilines is 1. The molecule has 0 saturated carbocycles. The third kappa shape index (κ3) is 4.82. The largest absolute Gasteiger partial charge is 0.322 e. The van der Waals surface area contributed by atoms with E-state index < -0.39 is 0 Å². The van der Waals surface area contributed by atoms with E-state index in [0.717, 1.165) is 16.8 Å². The second kappa shape index (κ2) is 7.48. The van der Waals surface area contributed by atoms with Crippen molar-refractivity contribution in [1.29, 1.82) is 0 Å². The predicted molar refractivity (Wildman–Crippen MR) is 103 cm³/mol. The van der Waals surface area contributed by atoms with E-state index in [-0.39, 0.29) is 11.3 Å². The van der Waals surface area contributed by atoms with Gasteiger partial charge in [-0.1, -0.05) is 77.1 Å². The lowest BCUT2D eigenvalue weighted by Crippen LogP contribution is -2.11. The van der Waals surface area contributed by atoms with Gasteiger partial charge in [0, 0.05) is 11.8 Å². The molecule has 0 saturated heterocycles. The van der Waals surface area contributed by atoms with Gasteiger partial charge in [0.15, 0.2) is 0 Å². The summed E-state index contributed by atoms with van der Waals surface area (Å²) in [5.41, 5.74) is 4.48. The molecule has 0 aliphatic heterocycles. The monoisotopic (exact) mass is 321 g/mol. The second-order valence-electron chi connectivity index (χ2n) is 7.44. The van der Waals surface area contributed by atoms with Crippen LogP contribution in [0.25, 0.3) is 6.08 Å². The maximum absolute atomic E-state index is 12.2. The molecule has 0 radical (unpaired) electrons. The molecule has 2 aromatic carbocycles. The van der Waals surface area contributed by atoms with Crippen molar-refractivity contribution in [2.75, 3.05) is 5.32 Å². The van der Waals surface area contributed by atoms with Crippen LogP contribution in [-0.2, 0) is 10.2 Å². The zero-order valence-corrected chi connectivity index (χ0v) is 15.3. The first kappa shape index (κ1) is 18.0. The topological polar surface area (TPSA) is 29.1 Å². The normalized spacial score (nSPS) is 11.9. The molecule has 0 spiro atoms. The zero-order valence-electron chi connectivity index (χ0n) is 15.3. The van der Waals surface area contributed by atoms with Crippen molar-refractivity contribution in [3.05, 3.63) is 71.3 Å². The molecule has 0 fully saturated rings. The predicted octanol–water partition coefficient (Wildman–Crippen LogP) is 5.76. The molecule has 2 rings (SSSR count). The van der Waals surface area contributed by atoms with Gasteiger partial charge in [-0.25, -0.2) is 0 Å². The van der Waals surface area contributed by atoms with E-state index in [9.17, 15) is 4.79 Å². The average molecular weight is 321 g/mol. The highest BCUT2D eigenvalue weighted by molar-refractivity contribution is 6.02. The fraction of sp³-hybridized carbons (Fsp3) is 0.318. The number of nitrogens with one attached hydrogen (secondary N) is 1. The molecule has 126 valence electrons. The van der Waals surface area contributed by atoms with Crippen LogP contribution in [-0.4, -0.2) is 5.91 Å². The Morgan fingerprint density at radius 2 is 1.62 bits per heavy atom. The van der Waals surface area contributed by atoms with Crippen LogP contribution in [0.4, 0.5) is 5.69 Å². The van der Waals surface area contributed by atoms with Crippen LogP contribution in [0.3, 0.4) is 0 Å². The number of para-hydroxylation sites is 1. The summed E-state index contributed by atoms with van der Waals surface area (Å²) in [7, 11) is 0. The van der Waals surface area contributed by atoms with Gasteiger partial charge in [-0.3, -0.25) is 4.79 Å². The molecule has 2 aromatic rings. The molecule has 24 heavy (non-hydrogen) atoms. The molecule has 2 nitrogen and oxygen atoms in total. The van der Waals surface area contributed by atoms with Gasteiger partial charge in [-0.2, -0.15) is 0 Å². The standard InChI is InChI=1S/C22H27NO/c1-16(2)19-8-6-7-9-20(19)23-21(24)15-12-17-10-13-18(14-11-17)22(3,4)5/h6-16H,1-5H3,(H,23,24)/b15-12+. The van der Waals surface area contributed by atoms with Gasteiger partial charge in [-0.05, 0) is 40.2 Å². The molecule has 0 aromatic heterocycles. The minimum atomic E-state index is -0.108. The highest BCUT2D eigenvalue weighted by atomic mass is 16.1. The van der Waals surface area contributed by atoms with Gasteiger partial charge >= 0.3 is 0 Å². The van der Waals surface area contributed by atoms with Gasteiger partial charge in [0.05, 0.1) is 0 Å². The van der Waals surface area contributed by atoms with Gasteiger partial charge in [0.2, 0.25) is 5.91 Å². The van der Waals surface area contributed by atoms with E-state index in [2.05, 4.69) is 58.1 Å². The average Bonchev–Trinajstić information content (AvgIpc) is 2.53. The zero-order chi connectivity index (χ0) is 17.7. The molecular formula is C22H27NO. The Morgan fingerprint density at radius 1 is 1.00 bits per heavy atom. The molecule has 0 bridgehead atoms. The van der Waals surface area contributed by atoms with Crippen molar-refractivity contribution in [2.45, 2.75) is 46.0 Å². The first-order chi connectivity index (χ1) is 11.3. The van der Waals surface area contributed by atoms with Crippen LogP contribution in [0, 0.1) is 0 Å². The Labute approximate surface area is 145 Å². The molecular weight excluding hydrogens is 294 g/mol. The Balaban J connectivity index is 2.06. The molecule has 0 heterocycles. The van der Waals surface area contributed by atoms with Gasteiger partial charge < -0.3 is 5.32 Å². The Kier molecular flexibility index (Phi) is 5.61. The van der Waals surface area contributed by atoms with E-state index in [0.29, 0.717) is 5.92 Å². The van der Waals surface area contributed by atoms with Crippen molar-refractivity contribution in [2.24, 2.45) is 0 Å². The van der Waals surface area contributed by atoms with E-state index in [1.165, 1.54) is 5.56 Å². The summed E-state index contributed by atoms with van der Waals surface area (Å²) in [5, 5.41) is 2.97. The van der Waals surface area contributed by atoms with Gasteiger partial charge in [0.1, 0.15) is 0 Å². The number of carbonyl (C=O) groups is 1.